The fourth-order valence-electron chi connectivity index (χ4n) is 8.64. The zero-order valence-corrected chi connectivity index (χ0v) is 40.1. The molecule has 378 valence electrons. The number of carboxylic acids is 1. The van der Waals surface area contributed by atoms with E-state index in [1.54, 1.807) is 0 Å². The number of amides is 5. The molecule has 0 spiro atoms. The highest BCUT2D eigenvalue weighted by atomic mass is 16.4. The molecule has 0 bridgehead atoms. The van der Waals surface area contributed by atoms with Crippen LogP contribution in [0.2, 0.25) is 0 Å². The number of likely N-dealkylation sites (tertiary alicyclic amines) is 1. The van der Waals surface area contributed by atoms with Gasteiger partial charge in [-0.3, -0.25) is 52.7 Å². The van der Waals surface area contributed by atoms with Crippen LogP contribution >= 0.6 is 0 Å². The summed E-state index contributed by atoms with van der Waals surface area (Å²) in [5.74, 6) is -8.76. The molecule has 2 heterocycles. The second-order valence-corrected chi connectivity index (χ2v) is 19.2. The summed E-state index contributed by atoms with van der Waals surface area (Å²) in [5, 5.41) is 30.0. The number of aliphatic carboxylic acids is 1. The number of carboxylic acid groups (broad SMARTS) is 1. The first kappa shape index (κ1) is 58.2. The van der Waals surface area contributed by atoms with E-state index < -0.39 is 107 Å². The van der Waals surface area contributed by atoms with Gasteiger partial charge in [-0.05, 0) is 76.7 Å². The Balaban J connectivity index is 1.98. The van der Waals surface area contributed by atoms with Crippen LogP contribution in [0.15, 0.2) is 0 Å². The van der Waals surface area contributed by atoms with Crippen molar-refractivity contribution in [1.29, 1.82) is 0 Å². The van der Waals surface area contributed by atoms with E-state index in [0.29, 0.717) is 45.2 Å². The summed E-state index contributed by atoms with van der Waals surface area (Å²) in [7, 11) is 0. The van der Waals surface area contributed by atoms with Gasteiger partial charge in [0.25, 0.3) is 0 Å². The highest BCUT2D eigenvalue weighted by Gasteiger charge is 2.37. The molecule has 0 unspecified atom stereocenters. The van der Waals surface area contributed by atoms with Crippen molar-refractivity contribution in [3.05, 3.63) is 0 Å². The summed E-state index contributed by atoms with van der Waals surface area (Å²) in [6, 6.07) is -3.53. The topological polar surface area (TPSA) is 332 Å². The van der Waals surface area contributed by atoms with Crippen molar-refractivity contribution in [2.75, 3.05) is 26.2 Å². The van der Waals surface area contributed by atoms with Crippen LogP contribution in [-0.4, -0.2) is 136 Å². The second kappa shape index (κ2) is 29.7. The molecule has 0 radical (unpaired) electrons. The van der Waals surface area contributed by atoms with Gasteiger partial charge in [-0.15, -0.1) is 0 Å². The molecule has 20 heteroatoms. The lowest BCUT2D eigenvalue weighted by Crippen LogP contribution is -2.45. The number of rotatable bonds is 34. The number of aliphatic hydroxyl groups excluding tert-OH is 1. The van der Waals surface area contributed by atoms with Gasteiger partial charge in [-0.2, -0.15) is 0 Å². The number of carbonyl (C=O) groups is 11. The number of nitrogens with one attached hydrogen (secondary N) is 4. The first-order chi connectivity index (χ1) is 31.5. The SMILES string of the molecule is CC(C)C[C@@H](CC(=O)[C@H](CCC(N)=O)NC(=O)CCC(=O)[C@@H]1C[C@@H](O)CN1)C(=O)NCC(=O)C[C@H](CC(C)C)C(=O)N[C@H](C)C(=O)CCC(=O)N1CCC[C@H]1C(=O)C[C@@H](CCCCN)C(=O)O. The molecule has 0 aliphatic carbocycles. The van der Waals surface area contributed by atoms with Crippen LogP contribution in [0.25, 0.3) is 0 Å². The van der Waals surface area contributed by atoms with Crippen molar-refractivity contribution in [1.82, 2.24) is 26.2 Å². The fraction of sp³-hybridized carbons (Fsp3) is 0.766. The zero-order valence-electron chi connectivity index (χ0n) is 40.1. The summed E-state index contributed by atoms with van der Waals surface area (Å²) >= 11 is 0. The van der Waals surface area contributed by atoms with Crippen LogP contribution in [0.3, 0.4) is 0 Å². The molecular weight excluding hydrogens is 871 g/mol. The Morgan fingerprint density at radius 3 is 1.97 bits per heavy atom. The van der Waals surface area contributed by atoms with Gasteiger partial charge in [0.05, 0.1) is 42.7 Å². The van der Waals surface area contributed by atoms with Gasteiger partial charge in [0.2, 0.25) is 29.5 Å². The van der Waals surface area contributed by atoms with Crippen LogP contribution in [0.1, 0.15) is 144 Å². The van der Waals surface area contributed by atoms with Crippen molar-refractivity contribution in [3.8, 4) is 0 Å². The number of hydrogen-bond donors (Lipinski definition) is 8. The monoisotopic (exact) mass is 948 g/mol. The molecule has 0 saturated carbocycles. The van der Waals surface area contributed by atoms with Gasteiger partial charge in [0.1, 0.15) is 5.78 Å². The highest BCUT2D eigenvalue weighted by molar-refractivity contribution is 5.97. The third-order valence-electron chi connectivity index (χ3n) is 12.3. The Morgan fingerprint density at radius 2 is 1.39 bits per heavy atom. The van der Waals surface area contributed by atoms with Crippen LogP contribution in [0.4, 0.5) is 0 Å². The number of unbranched alkanes of at least 4 members (excludes halogenated alkanes) is 1. The van der Waals surface area contributed by atoms with Gasteiger partial charge < -0.3 is 47.8 Å². The lowest BCUT2D eigenvalue weighted by molar-refractivity contribution is -0.145. The van der Waals surface area contributed by atoms with Crippen LogP contribution in [0.5, 0.6) is 0 Å². The second-order valence-electron chi connectivity index (χ2n) is 19.2. The minimum absolute atomic E-state index is 0.0298. The van der Waals surface area contributed by atoms with Crippen molar-refractivity contribution >= 4 is 64.4 Å². The predicted octanol–water partition coefficient (Wildman–Crippen LogP) is 0.802. The van der Waals surface area contributed by atoms with E-state index in [-0.39, 0.29) is 107 Å². The Kier molecular flexibility index (Phi) is 25.8. The molecule has 20 nitrogen and oxygen atoms in total. The van der Waals surface area contributed by atoms with Gasteiger partial charge in [-0.1, -0.05) is 34.1 Å². The molecule has 8 atom stereocenters. The van der Waals surface area contributed by atoms with Gasteiger partial charge in [0, 0.05) is 76.3 Å². The van der Waals surface area contributed by atoms with E-state index in [4.69, 9.17) is 11.5 Å². The van der Waals surface area contributed by atoms with Crippen LogP contribution in [-0.2, 0) is 52.7 Å². The van der Waals surface area contributed by atoms with E-state index in [2.05, 4.69) is 21.3 Å². The summed E-state index contributed by atoms with van der Waals surface area (Å²) in [5.41, 5.74) is 10.8. The third-order valence-corrected chi connectivity index (χ3v) is 12.3. The molecule has 67 heavy (non-hydrogen) atoms. The molecule has 2 aliphatic rings. The number of carbonyl (C=O) groups excluding carboxylic acids is 10. The van der Waals surface area contributed by atoms with Crippen molar-refractivity contribution < 1.29 is 63.0 Å². The Hall–Kier alpha value is -4.95. The lowest BCUT2D eigenvalue weighted by atomic mass is 9.88. The van der Waals surface area contributed by atoms with E-state index >= 15 is 0 Å². The Labute approximate surface area is 394 Å². The number of hydrogen-bond acceptors (Lipinski definition) is 14. The number of aliphatic hydroxyl groups is 1. The summed E-state index contributed by atoms with van der Waals surface area (Å²) < 4.78 is 0. The minimum atomic E-state index is -1.18. The molecule has 0 aromatic carbocycles. The summed E-state index contributed by atoms with van der Waals surface area (Å²) in [4.78, 5) is 144. The average molecular weight is 948 g/mol. The molecule has 10 N–H and O–H groups in total. The molecule has 2 saturated heterocycles. The molecule has 0 aromatic rings. The molecule has 2 rings (SSSR count). The minimum Gasteiger partial charge on any atom is -0.481 e. The lowest BCUT2D eigenvalue weighted by Gasteiger charge is -2.25. The van der Waals surface area contributed by atoms with Gasteiger partial charge in [-0.25, -0.2) is 0 Å². The highest BCUT2D eigenvalue weighted by Crippen LogP contribution is 2.25. The standard InChI is InChI=1S/C47H77N7O13/c1-27(2)19-31(46(65)52-29(5)38(57)13-16-44(63)54-18-8-10-37(54)41(60)22-30(47(66)67)9-6-7-17-48)21-33(55)26-51-45(64)32(20-28(3)4)23-40(59)35(11-14-42(49)61)53-43(62)15-12-39(58)36-24-34(56)25-50-36/h27-32,34-37,50,56H,6-26,48H2,1-5H3,(H2,49,61)(H,51,64)(H,52,65)(H,53,62)(H,66,67)/t29-,30-,31+,32+,34-,35+,36+,37+/m1/s1. The maximum Gasteiger partial charge on any atom is 0.306 e. The van der Waals surface area contributed by atoms with Crippen molar-refractivity contribution in [2.24, 2.45) is 41.1 Å². The molecular formula is C47H77N7O13. The Bertz CT molecular complexity index is 1750. The quantitative estimate of drug-likeness (QED) is 0.0414. The van der Waals surface area contributed by atoms with Gasteiger partial charge in [0.15, 0.2) is 23.1 Å². The predicted molar refractivity (Wildman–Crippen MR) is 245 cm³/mol. The number of nitrogens with two attached hydrogens (primary N) is 2. The normalized spacial score (nSPS) is 19.2. The average Bonchev–Trinajstić information content (AvgIpc) is 3.93. The van der Waals surface area contributed by atoms with Crippen molar-refractivity contribution in [2.45, 2.75) is 174 Å². The van der Waals surface area contributed by atoms with Crippen molar-refractivity contribution in [3.63, 3.8) is 0 Å². The van der Waals surface area contributed by atoms with Crippen LogP contribution in [0, 0.1) is 29.6 Å². The van der Waals surface area contributed by atoms with E-state index in [1.807, 2.05) is 27.7 Å². The number of Topliss-reactive ketones (excluding diaryl/α,β-unsaturated/α-hetero) is 5. The number of nitrogens with zero attached hydrogens (tertiary/aromatic N) is 1. The summed E-state index contributed by atoms with van der Waals surface area (Å²) in [6.45, 7) is 9.42. The third kappa shape index (κ3) is 21.7. The van der Waals surface area contributed by atoms with E-state index in [1.165, 1.54) is 11.8 Å². The van der Waals surface area contributed by atoms with Crippen LogP contribution < -0.4 is 32.7 Å². The van der Waals surface area contributed by atoms with Gasteiger partial charge >= 0.3 is 5.97 Å². The first-order valence-electron chi connectivity index (χ1n) is 23.9. The maximum absolute atomic E-state index is 13.6. The maximum atomic E-state index is 13.6. The zero-order chi connectivity index (χ0) is 50.4. The van der Waals surface area contributed by atoms with E-state index in [0.717, 1.165) is 0 Å². The largest absolute Gasteiger partial charge is 0.481 e. The molecule has 2 aliphatic heterocycles. The number of primary amides is 1. The first-order valence-corrected chi connectivity index (χ1v) is 23.9. The molecule has 5 amide bonds. The smallest absolute Gasteiger partial charge is 0.306 e. The molecule has 2 fully saturated rings. The number of ketones is 5. The summed E-state index contributed by atoms with van der Waals surface area (Å²) in [6.07, 6.45) is 0.597. The fourth-order valence-corrected chi connectivity index (χ4v) is 8.64. The Morgan fingerprint density at radius 1 is 0.731 bits per heavy atom. The molecule has 0 aromatic heterocycles. The van der Waals surface area contributed by atoms with E-state index in [9.17, 15) is 63.0 Å². The number of β-amino-alcohol motifs (C(OH)–C–C–N with tert-alkyl or cyclic N) is 1.